The zero-order valence-electron chi connectivity index (χ0n) is 11.1. The van der Waals surface area contributed by atoms with Gasteiger partial charge in [0.05, 0.1) is 5.33 Å². The Morgan fingerprint density at radius 2 is 1.43 bits per heavy atom. The Morgan fingerprint density at radius 1 is 0.857 bits per heavy atom. The number of Topliss-reactive ketones (excluding diaryl/α,β-unsaturated/α-hetero) is 1. The molecule has 0 spiro atoms. The molecule has 21 heavy (non-hydrogen) atoms. The number of rotatable bonds is 2. The van der Waals surface area contributed by atoms with Crippen LogP contribution in [0.25, 0.3) is 32.3 Å². The van der Waals surface area contributed by atoms with Gasteiger partial charge in [-0.15, -0.1) is 0 Å². The summed E-state index contributed by atoms with van der Waals surface area (Å²) in [6, 6.07) is 15.4. The molecule has 0 bridgehead atoms. The largest absolute Gasteiger partial charge is 0.507 e. The lowest BCUT2D eigenvalue weighted by atomic mass is 9.91. The zero-order chi connectivity index (χ0) is 14.6. The summed E-state index contributed by atoms with van der Waals surface area (Å²) in [6.07, 6.45) is 0. The van der Waals surface area contributed by atoms with Gasteiger partial charge in [-0.2, -0.15) is 0 Å². The molecule has 3 heteroatoms. The van der Waals surface area contributed by atoms with E-state index in [9.17, 15) is 9.90 Å². The van der Waals surface area contributed by atoms with Crippen LogP contribution in [0.2, 0.25) is 0 Å². The summed E-state index contributed by atoms with van der Waals surface area (Å²) >= 11 is 3.24. The van der Waals surface area contributed by atoms with Crippen molar-refractivity contribution in [2.75, 3.05) is 5.33 Å². The highest BCUT2D eigenvalue weighted by Gasteiger charge is 2.15. The van der Waals surface area contributed by atoms with Crippen molar-refractivity contribution >= 4 is 54.0 Å². The van der Waals surface area contributed by atoms with Gasteiger partial charge in [-0.25, -0.2) is 0 Å². The van der Waals surface area contributed by atoms with Crippen LogP contribution in [0.1, 0.15) is 10.4 Å². The van der Waals surface area contributed by atoms with E-state index in [4.69, 9.17) is 0 Å². The van der Waals surface area contributed by atoms with Crippen LogP contribution in [0.5, 0.6) is 5.75 Å². The third-order valence-electron chi connectivity index (χ3n) is 4.06. The first kappa shape index (κ1) is 12.6. The maximum atomic E-state index is 12.1. The van der Waals surface area contributed by atoms with Crippen molar-refractivity contribution in [1.82, 2.24) is 0 Å². The van der Waals surface area contributed by atoms with E-state index < -0.39 is 0 Å². The van der Waals surface area contributed by atoms with Crippen molar-refractivity contribution in [2.45, 2.75) is 0 Å². The summed E-state index contributed by atoms with van der Waals surface area (Å²) in [4.78, 5) is 12.1. The van der Waals surface area contributed by atoms with Crippen LogP contribution < -0.4 is 0 Å². The molecule has 0 heterocycles. The number of halogens is 1. The highest BCUT2D eigenvalue weighted by atomic mass is 79.9. The van der Waals surface area contributed by atoms with Gasteiger partial charge in [0, 0.05) is 16.3 Å². The second-order valence-corrected chi connectivity index (χ2v) is 5.74. The fraction of sp³-hybridized carbons (Fsp3) is 0.0556. The number of phenolic OH excluding ortho intramolecular Hbond substituents is 1. The molecule has 0 unspecified atom stereocenters. The first-order valence-electron chi connectivity index (χ1n) is 6.69. The lowest BCUT2D eigenvalue weighted by Crippen LogP contribution is -2.01. The molecule has 0 radical (unpaired) electrons. The average molecular weight is 339 g/mol. The van der Waals surface area contributed by atoms with Crippen LogP contribution in [0.15, 0.2) is 48.5 Å². The Labute approximate surface area is 129 Å². The smallest absolute Gasteiger partial charge is 0.173 e. The van der Waals surface area contributed by atoms with Gasteiger partial charge < -0.3 is 5.11 Å². The average Bonchev–Trinajstić information content (AvgIpc) is 2.53. The molecule has 0 saturated carbocycles. The monoisotopic (exact) mass is 338 g/mol. The molecule has 0 aliphatic carbocycles. The summed E-state index contributed by atoms with van der Waals surface area (Å²) in [7, 11) is 0. The summed E-state index contributed by atoms with van der Waals surface area (Å²) in [5.74, 6) is 0.339. The highest BCUT2D eigenvalue weighted by molar-refractivity contribution is 9.09. The molecule has 0 aliphatic rings. The zero-order valence-corrected chi connectivity index (χ0v) is 12.6. The molecule has 4 aromatic rings. The maximum Gasteiger partial charge on any atom is 0.173 e. The SMILES string of the molecule is O=C(CBr)c1ccc2ccc3c(O)ccc4ccc1c2c43. The lowest BCUT2D eigenvalue weighted by molar-refractivity contribution is 0.102. The number of carbonyl (C=O) groups excluding carboxylic acids is 1. The van der Waals surface area contributed by atoms with Crippen LogP contribution in [0.4, 0.5) is 0 Å². The van der Waals surface area contributed by atoms with Crippen LogP contribution >= 0.6 is 15.9 Å². The predicted molar refractivity (Wildman–Crippen MR) is 89.9 cm³/mol. The molecule has 4 aromatic carbocycles. The van der Waals surface area contributed by atoms with E-state index in [0.717, 1.165) is 37.9 Å². The molecule has 0 aliphatic heterocycles. The Bertz CT molecular complexity index is 1000. The Hall–Kier alpha value is -2.13. The van der Waals surface area contributed by atoms with Crippen LogP contribution in [-0.2, 0) is 0 Å². The number of alkyl halides is 1. The van der Waals surface area contributed by atoms with Crippen molar-refractivity contribution in [3.63, 3.8) is 0 Å². The quantitative estimate of drug-likeness (QED) is 0.321. The van der Waals surface area contributed by atoms with Crippen molar-refractivity contribution < 1.29 is 9.90 Å². The van der Waals surface area contributed by atoms with Gasteiger partial charge in [0.15, 0.2) is 5.78 Å². The minimum absolute atomic E-state index is 0.0668. The van der Waals surface area contributed by atoms with Gasteiger partial charge in [-0.05, 0) is 27.6 Å². The minimum Gasteiger partial charge on any atom is -0.507 e. The molecule has 0 saturated heterocycles. The number of aromatic hydroxyl groups is 1. The minimum atomic E-state index is 0.0668. The van der Waals surface area contributed by atoms with E-state index in [1.807, 2.05) is 42.5 Å². The molecule has 2 nitrogen and oxygen atoms in total. The second kappa shape index (κ2) is 4.43. The van der Waals surface area contributed by atoms with E-state index in [1.165, 1.54) is 0 Å². The van der Waals surface area contributed by atoms with Crippen LogP contribution in [0.3, 0.4) is 0 Å². The van der Waals surface area contributed by atoms with Gasteiger partial charge in [0.2, 0.25) is 0 Å². The van der Waals surface area contributed by atoms with Crippen molar-refractivity contribution in [3.05, 3.63) is 54.1 Å². The van der Waals surface area contributed by atoms with E-state index in [0.29, 0.717) is 5.33 Å². The molecule has 0 fully saturated rings. The van der Waals surface area contributed by atoms with E-state index in [-0.39, 0.29) is 11.5 Å². The Balaban J connectivity index is 2.30. The standard InChI is InChI=1S/C18H11BrO2/c19-9-16(21)12-5-1-10-3-7-14-15(20)8-4-11-2-6-13(12)17(10)18(11)14/h1-8,20H,9H2. The number of benzene rings is 4. The molecular weight excluding hydrogens is 328 g/mol. The number of hydrogen-bond donors (Lipinski definition) is 1. The van der Waals surface area contributed by atoms with Crippen molar-refractivity contribution in [1.29, 1.82) is 0 Å². The van der Waals surface area contributed by atoms with Gasteiger partial charge in [0.1, 0.15) is 5.75 Å². The topological polar surface area (TPSA) is 37.3 Å². The molecule has 0 amide bonds. The van der Waals surface area contributed by atoms with Crippen molar-refractivity contribution in [3.8, 4) is 5.75 Å². The second-order valence-electron chi connectivity index (χ2n) is 5.18. The third kappa shape index (κ3) is 1.67. The van der Waals surface area contributed by atoms with E-state index >= 15 is 0 Å². The normalized spacial score (nSPS) is 11.7. The molecule has 102 valence electrons. The molecule has 1 N–H and O–H groups in total. The highest BCUT2D eigenvalue weighted by Crippen LogP contribution is 2.39. The number of hydrogen-bond acceptors (Lipinski definition) is 2. The first-order chi connectivity index (χ1) is 10.2. The van der Waals surface area contributed by atoms with Gasteiger partial charge in [-0.3, -0.25) is 4.79 Å². The fourth-order valence-electron chi connectivity index (χ4n) is 3.10. The van der Waals surface area contributed by atoms with Gasteiger partial charge >= 0.3 is 0 Å². The Morgan fingerprint density at radius 3 is 2.14 bits per heavy atom. The summed E-state index contributed by atoms with van der Waals surface area (Å²) in [6.45, 7) is 0. The summed E-state index contributed by atoms with van der Waals surface area (Å²) < 4.78 is 0. The lowest BCUT2D eigenvalue weighted by Gasteiger charge is -2.13. The van der Waals surface area contributed by atoms with Gasteiger partial charge in [-0.1, -0.05) is 58.4 Å². The van der Waals surface area contributed by atoms with E-state index in [1.54, 1.807) is 6.07 Å². The van der Waals surface area contributed by atoms with Crippen molar-refractivity contribution in [2.24, 2.45) is 0 Å². The number of ketones is 1. The summed E-state index contributed by atoms with van der Waals surface area (Å²) in [5.41, 5.74) is 0.720. The number of carbonyl (C=O) groups is 1. The fourth-order valence-corrected chi connectivity index (χ4v) is 3.40. The molecule has 4 rings (SSSR count). The predicted octanol–water partition coefficient (Wildman–Crippen LogP) is 4.87. The van der Waals surface area contributed by atoms with Crippen LogP contribution in [-0.4, -0.2) is 16.2 Å². The first-order valence-corrected chi connectivity index (χ1v) is 7.81. The Kier molecular flexibility index (Phi) is 2.66. The number of phenols is 1. The third-order valence-corrected chi connectivity index (χ3v) is 4.57. The summed E-state index contributed by atoms with van der Waals surface area (Å²) in [5, 5.41) is 16.4. The molecule has 0 atom stereocenters. The van der Waals surface area contributed by atoms with Gasteiger partial charge in [0.25, 0.3) is 0 Å². The molecular formula is C18H11BrO2. The van der Waals surface area contributed by atoms with E-state index in [2.05, 4.69) is 15.9 Å². The van der Waals surface area contributed by atoms with Crippen LogP contribution in [0, 0.1) is 0 Å². The maximum absolute atomic E-state index is 12.1. The molecule has 0 aromatic heterocycles.